The molecule has 0 spiro atoms. The summed E-state index contributed by atoms with van der Waals surface area (Å²) in [6.45, 7) is 6.09. The Morgan fingerprint density at radius 1 is 0.282 bits per heavy atom. The Bertz CT molecular complexity index is 1780. The first kappa shape index (κ1) is 65.2. The molecule has 0 saturated carbocycles. The SMILES string of the molecule is CC/C=C\C/C=C\C/C=C\C/C=C\C/C=C\C/C=C\C/C=C\CCCC(=O)OCC(COC(=O)CC/C=C\C/C=C\C/C=C\C/C=C\CC)OC(=O)CCC/C=C\C/C=C\C/C=C\C/C=C\C/C=C\CC. The zero-order valence-electron chi connectivity index (χ0n) is 44.4. The van der Waals surface area contributed by atoms with E-state index in [-0.39, 0.29) is 38.4 Å². The molecule has 1 atom stereocenters. The molecule has 0 aliphatic heterocycles. The molecule has 6 heteroatoms. The van der Waals surface area contributed by atoms with Crippen molar-refractivity contribution in [1.29, 1.82) is 0 Å². The molecule has 0 fully saturated rings. The van der Waals surface area contributed by atoms with E-state index in [0.717, 1.165) is 116 Å². The first-order valence-corrected chi connectivity index (χ1v) is 26.9. The maximum atomic E-state index is 12.8. The van der Waals surface area contributed by atoms with Crippen LogP contribution in [-0.4, -0.2) is 37.2 Å². The van der Waals surface area contributed by atoms with Gasteiger partial charge in [-0.3, -0.25) is 14.4 Å². The maximum Gasteiger partial charge on any atom is 0.306 e. The van der Waals surface area contributed by atoms with Crippen LogP contribution in [0.4, 0.5) is 0 Å². The number of ether oxygens (including phenoxy) is 3. The molecule has 0 radical (unpaired) electrons. The number of hydrogen-bond donors (Lipinski definition) is 0. The van der Waals surface area contributed by atoms with E-state index < -0.39 is 18.0 Å². The second-order valence-corrected chi connectivity index (χ2v) is 16.6. The van der Waals surface area contributed by atoms with Crippen molar-refractivity contribution in [2.75, 3.05) is 13.2 Å². The van der Waals surface area contributed by atoms with Gasteiger partial charge in [-0.05, 0) is 135 Å². The van der Waals surface area contributed by atoms with Crippen LogP contribution >= 0.6 is 0 Å². The summed E-state index contributed by atoms with van der Waals surface area (Å²) in [5, 5.41) is 0. The van der Waals surface area contributed by atoms with Crippen molar-refractivity contribution in [3.05, 3.63) is 194 Å². The van der Waals surface area contributed by atoms with Crippen molar-refractivity contribution in [3.8, 4) is 0 Å². The van der Waals surface area contributed by atoms with Crippen molar-refractivity contribution in [1.82, 2.24) is 0 Å². The van der Waals surface area contributed by atoms with Crippen molar-refractivity contribution in [2.45, 2.75) is 181 Å². The van der Waals surface area contributed by atoms with E-state index in [9.17, 15) is 14.4 Å². The summed E-state index contributed by atoms with van der Waals surface area (Å²) < 4.78 is 16.6. The Kier molecular flexibility index (Phi) is 52.2. The van der Waals surface area contributed by atoms with Crippen molar-refractivity contribution < 1.29 is 28.6 Å². The second-order valence-electron chi connectivity index (χ2n) is 16.6. The van der Waals surface area contributed by atoms with Gasteiger partial charge < -0.3 is 14.2 Å². The van der Waals surface area contributed by atoms with Crippen LogP contribution in [-0.2, 0) is 28.6 Å². The summed E-state index contributed by atoms with van der Waals surface area (Å²) in [5.41, 5.74) is 0. The number of carbonyl (C=O) groups is 3. The number of carbonyl (C=O) groups excluding carboxylic acids is 3. The molecule has 0 aliphatic carbocycles. The predicted octanol–water partition coefficient (Wildman–Crippen LogP) is 18.3. The van der Waals surface area contributed by atoms with Gasteiger partial charge in [0.15, 0.2) is 6.10 Å². The van der Waals surface area contributed by atoms with Crippen LogP contribution in [0.5, 0.6) is 0 Å². The lowest BCUT2D eigenvalue weighted by atomic mass is 10.2. The van der Waals surface area contributed by atoms with Gasteiger partial charge in [-0.1, -0.05) is 215 Å². The minimum Gasteiger partial charge on any atom is -0.462 e. The van der Waals surface area contributed by atoms with Gasteiger partial charge in [0.1, 0.15) is 13.2 Å². The summed E-state index contributed by atoms with van der Waals surface area (Å²) in [5.74, 6) is -1.18. The highest BCUT2D eigenvalue weighted by Gasteiger charge is 2.19. The number of rotatable bonds is 45. The van der Waals surface area contributed by atoms with E-state index in [4.69, 9.17) is 14.2 Å². The molecule has 0 aromatic heterocycles. The Morgan fingerprint density at radius 3 is 0.789 bits per heavy atom. The summed E-state index contributed by atoms with van der Waals surface area (Å²) >= 11 is 0. The van der Waals surface area contributed by atoms with Gasteiger partial charge in [-0.25, -0.2) is 0 Å². The average molecular weight is 971 g/mol. The molecular formula is C65H94O6. The zero-order valence-corrected chi connectivity index (χ0v) is 44.4. The van der Waals surface area contributed by atoms with Crippen LogP contribution in [0, 0.1) is 0 Å². The molecule has 6 nitrogen and oxygen atoms in total. The summed E-state index contributed by atoms with van der Waals surface area (Å²) in [4.78, 5) is 38.0. The first-order chi connectivity index (χ1) is 35.0. The molecule has 390 valence electrons. The molecule has 0 amide bonds. The van der Waals surface area contributed by atoms with E-state index in [0.29, 0.717) is 19.3 Å². The highest BCUT2D eigenvalue weighted by atomic mass is 16.6. The van der Waals surface area contributed by atoms with Crippen LogP contribution in [0.1, 0.15) is 175 Å². The normalized spacial score (nSPS) is 13.7. The highest BCUT2D eigenvalue weighted by molar-refractivity contribution is 5.71. The molecule has 0 aromatic rings. The average Bonchev–Trinajstić information content (AvgIpc) is 3.37. The van der Waals surface area contributed by atoms with Crippen LogP contribution in [0.25, 0.3) is 0 Å². The molecule has 0 heterocycles. The Labute approximate surface area is 433 Å². The standard InChI is InChI=1S/C65H94O6/c1-4-7-10-13-16-19-22-25-27-29-30-31-32-33-34-36-37-40-43-46-49-52-55-58-64(67)70-61-62(60-69-63(66)57-54-51-48-45-42-39-24-21-18-15-12-9-6-3)71-65(68)59-56-53-50-47-44-41-38-35-28-26-23-20-17-14-11-8-5-2/h7-12,16-21,25-28,30-31,33-34,37-42,46-51,62H,4-6,13-15,22-24,29,32,35-36,43-45,52-61H2,1-3H3/b10-7-,11-8-,12-9-,19-16-,20-17-,21-18-,27-25-,28-26-,31-30-,34-33-,40-37-,41-38-,42-39-,49-46-,50-47-,51-48-. The minimum absolute atomic E-state index is 0.165. The van der Waals surface area contributed by atoms with Crippen LogP contribution in [0.3, 0.4) is 0 Å². The molecule has 0 bridgehead atoms. The van der Waals surface area contributed by atoms with Crippen LogP contribution < -0.4 is 0 Å². The Balaban J connectivity index is 4.67. The zero-order chi connectivity index (χ0) is 51.4. The smallest absolute Gasteiger partial charge is 0.306 e. The fourth-order valence-corrected chi connectivity index (χ4v) is 6.18. The largest absolute Gasteiger partial charge is 0.462 e. The van der Waals surface area contributed by atoms with E-state index in [1.807, 2.05) is 12.2 Å². The second kappa shape index (κ2) is 56.8. The predicted molar refractivity (Wildman–Crippen MR) is 306 cm³/mol. The van der Waals surface area contributed by atoms with Gasteiger partial charge in [0.05, 0.1) is 0 Å². The van der Waals surface area contributed by atoms with Gasteiger partial charge in [-0.2, -0.15) is 0 Å². The van der Waals surface area contributed by atoms with E-state index in [2.05, 4.69) is 203 Å². The summed E-state index contributed by atoms with van der Waals surface area (Å²) in [7, 11) is 0. The molecule has 0 aliphatic rings. The van der Waals surface area contributed by atoms with Crippen molar-refractivity contribution >= 4 is 17.9 Å². The van der Waals surface area contributed by atoms with Crippen molar-refractivity contribution in [2.24, 2.45) is 0 Å². The summed E-state index contributed by atoms with van der Waals surface area (Å²) in [6, 6.07) is 0. The van der Waals surface area contributed by atoms with E-state index in [1.165, 1.54) is 0 Å². The van der Waals surface area contributed by atoms with Crippen LogP contribution in [0.2, 0.25) is 0 Å². The molecule has 0 N–H and O–H groups in total. The lowest BCUT2D eigenvalue weighted by molar-refractivity contribution is -0.166. The monoisotopic (exact) mass is 971 g/mol. The quantitative estimate of drug-likeness (QED) is 0.0262. The lowest BCUT2D eigenvalue weighted by Crippen LogP contribution is -2.30. The first-order valence-electron chi connectivity index (χ1n) is 26.9. The fourth-order valence-electron chi connectivity index (χ4n) is 6.18. The van der Waals surface area contributed by atoms with Gasteiger partial charge in [0.2, 0.25) is 0 Å². The number of unbranched alkanes of at least 4 members (excludes halogenated alkanes) is 2. The molecule has 71 heavy (non-hydrogen) atoms. The number of hydrogen-bond acceptors (Lipinski definition) is 6. The van der Waals surface area contributed by atoms with Crippen molar-refractivity contribution in [3.63, 3.8) is 0 Å². The topological polar surface area (TPSA) is 78.9 Å². The number of esters is 3. The fraction of sp³-hybridized carbons (Fsp3) is 0.462. The van der Waals surface area contributed by atoms with Gasteiger partial charge in [0.25, 0.3) is 0 Å². The maximum absolute atomic E-state index is 12.8. The molecule has 0 aromatic carbocycles. The third-order valence-electron chi connectivity index (χ3n) is 10.1. The summed E-state index contributed by atoms with van der Waals surface area (Å²) in [6.07, 6.45) is 87.3. The molecular weight excluding hydrogens is 877 g/mol. The lowest BCUT2D eigenvalue weighted by Gasteiger charge is -2.18. The van der Waals surface area contributed by atoms with Gasteiger partial charge in [0, 0.05) is 19.3 Å². The molecule has 0 saturated heterocycles. The Hall–Kier alpha value is -5.75. The van der Waals surface area contributed by atoms with Gasteiger partial charge >= 0.3 is 17.9 Å². The molecule has 0 rings (SSSR count). The third kappa shape index (κ3) is 55.1. The van der Waals surface area contributed by atoms with Gasteiger partial charge in [-0.15, -0.1) is 0 Å². The van der Waals surface area contributed by atoms with E-state index >= 15 is 0 Å². The Morgan fingerprint density at radius 2 is 0.507 bits per heavy atom. The van der Waals surface area contributed by atoms with Crippen LogP contribution in [0.15, 0.2) is 194 Å². The molecule has 1 unspecified atom stereocenters. The highest BCUT2D eigenvalue weighted by Crippen LogP contribution is 2.08. The number of allylic oxidation sites excluding steroid dienone is 32. The minimum atomic E-state index is -0.872. The third-order valence-corrected chi connectivity index (χ3v) is 10.1. The van der Waals surface area contributed by atoms with E-state index in [1.54, 1.807) is 0 Å².